The van der Waals surface area contributed by atoms with Gasteiger partial charge >= 0.3 is 0 Å². The molecule has 1 saturated carbocycles. The predicted molar refractivity (Wildman–Crippen MR) is 66.7 cm³/mol. The highest BCUT2D eigenvalue weighted by Crippen LogP contribution is 2.50. The summed E-state index contributed by atoms with van der Waals surface area (Å²) in [6, 6.07) is 10.6. The molecule has 78 valence electrons. The van der Waals surface area contributed by atoms with Crippen LogP contribution in [0.4, 0.5) is 0 Å². The third-order valence-electron chi connectivity index (χ3n) is 2.69. The van der Waals surface area contributed by atoms with Crippen molar-refractivity contribution in [2.75, 3.05) is 0 Å². The zero-order chi connectivity index (χ0) is 10.9. The standard InChI is InChI=1S/C12H12BrNS/c1-9-6-12(7-9,8-14)15-11-4-2-10(13)3-5-11/h2-5,9H,6-7H2,1H3. The Morgan fingerprint density at radius 3 is 2.47 bits per heavy atom. The summed E-state index contributed by atoms with van der Waals surface area (Å²) in [5.41, 5.74) is 0. The van der Waals surface area contributed by atoms with Gasteiger partial charge in [0, 0.05) is 9.37 Å². The smallest absolute Gasteiger partial charge is 0.107 e. The normalized spacial score (nSPS) is 29.3. The van der Waals surface area contributed by atoms with Crippen LogP contribution in [-0.4, -0.2) is 4.75 Å². The molecule has 0 unspecified atom stereocenters. The van der Waals surface area contributed by atoms with Crippen molar-refractivity contribution in [3.63, 3.8) is 0 Å². The van der Waals surface area contributed by atoms with E-state index in [1.807, 2.05) is 12.1 Å². The van der Waals surface area contributed by atoms with Gasteiger partial charge in [-0.25, -0.2) is 0 Å². The van der Waals surface area contributed by atoms with Crippen molar-refractivity contribution in [2.45, 2.75) is 29.4 Å². The molecule has 0 heterocycles. The van der Waals surface area contributed by atoms with Crippen molar-refractivity contribution in [1.82, 2.24) is 0 Å². The van der Waals surface area contributed by atoms with Crippen LogP contribution in [0.15, 0.2) is 33.6 Å². The summed E-state index contributed by atoms with van der Waals surface area (Å²) in [6.45, 7) is 2.21. The molecule has 1 fully saturated rings. The highest BCUT2D eigenvalue weighted by Gasteiger charge is 2.43. The Bertz CT molecular complexity index is 387. The zero-order valence-electron chi connectivity index (χ0n) is 8.53. The fourth-order valence-electron chi connectivity index (χ4n) is 1.99. The van der Waals surface area contributed by atoms with E-state index in [0.29, 0.717) is 5.92 Å². The van der Waals surface area contributed by atoms with Gasteiger partial charge in [-0.3, -0.25) is 0 Å². The van der Waals surface area contributed by atoms with E-state index in [9.17, 15) is 5.26 Å². The Kier molecular flexibility index (Phi) is 3.08. The first-order valence-electron chi connectivity index (χ1n) is 4.99. The van der Waals surface area contributed by atoms with Crippen LogP contribution in [0, 0.1) is 17.2 Å². The largest absolute Gasteiger partial charge is 0.197 e. The van der Waals surface area contributed by atoms with Crippen LogP contribution in [0.3, 0.4) is 0 Å². The molecule has 1 aliphatic carbocycles. The summed E-state index contributed by atoms with van der Waals surface area (Å²) in [5, 5.41) is 9.19. The molecule has 0 spiro atoms. The molecule has 0 bridgehead atoms. The maximum atomic E-state index is 9.19. The highest BCUT2D eigenvalue weighted by atomic mass is 79.9. The van der Waals surface area contributed by atoms with Crippen molar-refractivity contribution in [3.8, 4) is 6.07 Å². The van der Waals surface area contributed by atoms with Crippen LogP contribution >= 0.6 is 27.7 Å². The molecule has 1 aromatic rings. The lowest BCUT2D eigenvalue weighted by atomic mass is 9.76. The lowest BCUT2D eigenvalue weighted by Crippen LogP contribution is -2.37. The Morgan fingerprint density at radius 1 is 1.40 bits per heavy atom. The molecule has 0 atom stereocenters. The average Bonchev–Trinajstić information content (AvgIpc) is 2.18. The van der Waals surface area contributed by atoms with Crippen LogP contribution in [0.5, 0.6) is 0 Å². The van der Waals surface area contributed by atoms with Crippen LogP contribution in [-0.2, 0) is 0 Å². The number of halogens is 1. The van der Waals surface area contributed by atoms with E-state index < -0.39 is 0 Å². The van der Waals surface area contributed by atoms with Gasteiger partial charge in [-0.2, -0.15) is 5.26 Å². The van der Waals surface area contributed by atoms with Crippen LogP contribution in [0.1, 0.15) is 19.8 Å². The second-order valence-corrected chi connectivity index (χ2v) is 6.55. The Hall–Kier alpha value is -0.460. The molecule has 0 radical (unpaired) electrons. The lowest BCUT2D eigenvalue weighted by Gasteiger charge is -2.40. The number of hydrogen-bond acceptors (Lipinski definition) is 2. The van der Waals surface area contributed by atoms with Gasteiger partial charge in [0.25, 0.3) is 0 Å². The Morgan fingerprint density at radius 2 is 2.00 bits per heavy atom. The minimum atomic E-state index is -0.159. The SMILES string of the molecule is CC1CC(C#N)(Sc2ccc(Br)cc2)C1. The molecule has 0 saturated heterocycles. The molecular weight excluding hydrogens is 270 g/mol. The maximum absolute atomic E-state index is 9.19. The van der Waals surface area contributed by atoms with E-state index in [-0.39, 0.29) is 4.75 Å². The van der Waals surface area contributed by atoms with E-state index in [1.54, 1.807) is 11.8 Å². The van der Waals surface area contributed by atoms with Crippen molar-refractivity contribution < 1.29 is 0 Å². The Labute approximate surface area is 103 Å². The second kappa shape index (κ2) is 4.19. The summed E-state index contributed by atoms with van der Waals surface area (Å²) >= 11 is 5.12. The molecule has 2 rings (SSSR count). The molecule has 15 heavy (non-hydrogen) atoms. The number of benzene rings is 1. The maximum Gasteiger partial charge on any atom is 0.107 e. The van der Waals surface area contributed by atoms with Gasteiger partial charge in [-0.05, 0) is 43.0 Å². The van der Waals surface area contributed by atoms with E-state index >= 15 is 0 Å². The quantitative estimate of drug-likeness (QED) is 0.810. The summed E-state index contributed by atoms with van der Waals surface area (Å²) in [5.74, 6) is 0.701. The van der Waals surface area contributed by atoms with Gasteiger partial charge in [0.15, 0.2) is 0 Å². The van der Waals surface area contributed by atoms with Crippen molar-refractivity contribution in [2.24, 2.45) is 5.92 Å². The number of nitriles is 1. The fourth-order valence-corrected chi connectivity index (χ4v) is 3.76. The van der Waals surface area contributed by atoms with Crippen molar-refractivity contribution >= 4 is 27.7 Å². The molecule has 0 aliphatic heterocycles. The molecular formula is C12H12BrNS. The van der Waals surface area contributed by atoms with Crippen LogP contribution in [0.25, 0.3) is 0 Å². The molecule has 3 heteroatoms. The third kappa shape index (κ3) is 2.38. The molecule has 0 aromatic heterocycles. The van der Waals surface area contributed by atoms with Gasteiger partial charge < -0.3 is 0 Å². The monoisotopic (exact) mass is 281 g/mol. The first kappa shape index (κ1) is 11.0. The van der Waals surface area contributed by atoms with Gasteiger partial charge in [0.05, 0.1) is 6.07 Å². The average molecular weight is 282 g/mol. The molecule has 0 amide bonds. The summed E-state index contributed by atoms with van der Waals surface area (Å²) in [6.07, 6.45) is 2.04. The highest BCUT2D eigenvalue weighted by molar-refractivity contribution is 9.10. The fraction of sp³-hybridized carbons (Fsp3) is 0.417. The van der Waals surface area contributed by atoms with E-state index in [1.165, 1.54) is 4.90 Å². The van der Waals surface area contributed by atoms with Gasteiger partial charge in [0.2, 0.25) is 0 Å². The number of thioether (sulfide) groups is 1. The summed E-state index contributed by atoms with van der Waals surface area (Å²) in [7, 11) is 0. The number of rotatable bonds is 2. The Balaban J connectivity index is 2.09. The summed E-state index contributed by atoms with van der Waals surface area (Å²) in [4.78, 5) is 1.19. The zero-order valence-corrected chi connectivity index (χ0v) is 10.9. The summed E-state index contributed by atoms with van der Waals surface area (Å²) < 4.78 is 0.924. The minimum absolute atomic E-state index is 0.159. The van der Waals surface area contributed by atoms with Crippen LogP contribution < -0.4 is 0 Å². The van der Waals surface area contributed by atoms with Crippen LogP contribution in [0.2, 0.25) is 0 Å². The van der Waals surface area contributed by atoms with Crippen molar-refractivity contribution in [3.05, 3.63) is 28.7 Å². The van der Waals surface area contributed by atoms with Gasteiger partial charge in [-0.1, -0.05) is 22.9 Å². The molecule has 1 aliphatic rings. The first-order valence-corrected chi connectivity index (χ1v) is 6.60. The van der Waals surface area contributed by atoms with Crippen molar-refractivity contribution in [1.29, 1.82) is 5.26 Å². The number of nitrogens with zero attached hydrogens (tertiary/aromatic N) is 1. The van der Waals surface area contributed by atoms with Gasteiger partial charge in [-0.15, -0.1) is 11.8 Å². The minimum Gasteiger partial charge on any atom is -0.197 e. The van der Waals surface area contributed by atoms with E-state index in [4.69, 9.17) is 0 Å². The number of hydrogen-bond donors (Lipinski definition) is 0. The lowest BCUT2D eigenvalue weighted by molar-refractivity contribution is 0.303. The molecule has 1 aromatic carbocycles. The topological polar surface area (TPSA) is 23.8 Å². The third-order valence-corrected chi connectivity index (χ3v) is 4.54. The van der Waals surface area contributed by atoms with E-state index in [2.05, 4.69) is 41.1 Å². The van der Waals surface area contributed by atoms with Gasteiger partial charge in [0.1, 0.15) is 4.75 Å². The van der Waals surface area contributed by atoms with E-state index in [0.717, 1.165) is 17.3 Å². The second-order valence-electron chi connectivity index (χ2n) is 4.18. The first-order chi connectivity index (χ1) is 7.13. The predicted octanol–water partition coefficient (Wildman–Crippen LogP) is 4.23. The molecule has 0 N–H and O–H groups in total. The molecule has 1 nitrogen and oxygen atoms in total.